The van der Waals surface area contributed by atoms with E-state index in [0.29, 0.717) is 23.8 Å². The molecule has 3 heterocycles. The third-order valence-corrected chi connectivity index (χ3v) is 4.08. The Morgan fingerprint density at radius 3 is 2.95 bits per heavy atom. The molecule has 0 saturated carbocycles. The van der Waals surface area contributed by atoms with Crippen molar-refractivity contribution >= 4 is 34.4 Å². The summed E-state index contributed by atoms with van der Waals surface area (Å²) in [4.78, 5) is 8.63. The summed E-state index contributed by atoms with van der Waals surface area (Å²) in [5.41, 5.74) is 4.08. The number of nitrogens with zero attached hydrogens (tertiary/aromatic N) is 2. The van der Waals surface area contributed by atoms with E-state index in [2.05, 4.69) is 9.98 Å². The molecule has 2 aliphatic heterocycles. The molecule has 1 aromatic heterocycles. The standard InChI is InChI=1S/C16H12ClN3O/c17-15-5-4-10-2-1-3-12(16(10)19-15)14-8-11-9-18-7-6-13(11)20(14)21/h1-5,8-9,20H,6-7H2. The van der Waals surface area contributed by atoms with Crippen LogP contribution in [0.5, 0.6) is 0 Å². The minimum atomic E-state index is 0.0884. The van der Waals surface area contributed by atoms with Gasteiger partial charge in [0.2, 0.25) is 0 Å². The molecule has 4 nitrogen and oxygen atoms in total. The molecule has 5 heteroatoms. The number of quaternary nitrogens is 1. The molecule has 1 aromatic carbocycles. The second kappa shape index (κ2) is 4.77. The Kier molecular flexibility index (Phi) is 2.89. The molecule has 1 unspecified atom stereocenters. The predicted octanol–water partition coefficient (Wildman–Crippen LogP) is 2.35. The maximum atomic E-state index is 12.6. The zero-order valence-corrected chi connectivity index (χ0v) is 11.9. The van der Waals surface area contributed by atoms with Gasteiger partial charge >= 0.3 is 0 Å². The van der Waals surface area contributed by atoms with Gasteiger partial charge in [-0.05, 0) is 18.2 Å². The molecule has 4 rings (SSSR count). The number of aromatic nitrogens is 1. The average molecular weight is 298 g/mol. The van der Waals surface area contributed by atoms with Crippen LogP contribution in [0, 0.1) is 5.21 Å². The van der Waals surface area contributed by atoms with E-state index in [1.165, 1.54) is 0 Å². The van der Waals surface area contributed by atoms with Crippen molar-refractivity contribution in [2.24, 2.45) is 4.99 Å². The first-order chi connectivity index (χ1) is 10.2. The van der Waals surface area contributed by atoms with Crippen LogP contribution in [0.1, 0.15) is 12.0 Å². The summed E-state index contributed by atoms with van der Waals surface area (Å²) in [6.07, 6.45) is 4.41. The highest BCUT2D eigenvalue weighted by Crippen LogP contribution is 2.27. The Balaban J connectivity index is 1.89. The van der Waals surface area contributed by atoms with Gasteiger partial charge in [-0.25, -0.2) is 4.98 Å². The summed E-state index contributed by atoms with van der Waals surface area (Å²) in [7, 11) is 0. The number of pyridine rings is 1. The van der Waals surface area contributed by atoms with Crippen LogP contribution >= 0.6 is 11.6 Å². The van der Waals surface area contributed by atoms with Crippen molar-refractivity contribution in [3.05, 3.63) is 63.6 Å². The van der Waals surface area contributed by atoms with E-state index in [9.17, 15) is 5.21 Å². The van der Waals surface area contributed by atoms with Gasteiger partial charge in [0.1, 0.15) is 16.5 Å². The molecule has 0 spiro atoms. The molecule has 0 amide bonds. The number of aliphatic imine (C=N–C) groups is 1. The zero-order valence-electron chi connectivity index (χ0n) is 11.1. The van der Waals surface area contributed by atoms with Crippen LogP contribution in [0.25, 0.3) is 16.6 Å². The van der Waals surface area contributed by atoms with Crippen molar-refractivity contribution in [2.75, 3.05) is 6.54 Å². The number of dihydropyridines is 1. The van der Waals surface area contributed by atoms with Gasteiger partial charge in [0.05, 0.1) is 16.7 Å². The average Bonchev–Trinajstić information content (AvgIpc) is 2.84. The van der Waals surface area contributed by atoms with Gasteiger partial charge in [0.25, 0.3) is 0 Å². The summed E-state index contributed by atoms with van der Waals surface area (Å²) in [6, 6.07) is 9.51. The number of halogens is 1. The number of fused-ring (bicyclic) bond motifs is 1. The van der Waals surface area contributed by atoms with Crippen LogP contribution in [0.15, 0.2) is 52.7 Å². The van der Waals surface area contributed by atoms with Gasteiger partial charge in [-0.1, -0.05) is 23.7 Å². The first kappa shape index (κ1) is 12.7. The first-order valence-electron chi connectivity index (χ1n) is 6.79. The number of hydrogen-bond donors (Lipinski definition) is 1. The van der Waals surface area contributed by atoms with E-state index in [4.69, 9.17) is 11.6 Å². The number of allylic oxidation sites excluding steroid dienone is 2. The molecule has 104 valence electrons. The lowest BCUT2D eigenvalue weighted by molar-refractivity contribution is -0.722. The Labute approximate surface area is 126 Å². The Bertz CT molecular complexity index is 839. The minimum absolute atomic E-state index is 0.0884. The second-order valence-electron chi connectivity index (χ2n) is 5.12. The molecule has 1 atom stereocenters. The Morgan fingerprint density at radius 1 is 1.19 bits per heavy atom. The Morgan fingerprint density at radius 2 is 2.10 bits per heavy atom. The molecule has 0 fully saturated rings. The molecule has 21 heavy (non-hydrogen) atoms. The quantitative estimate of drug-likeness (QED) is 0.649. The third-order valence-electron chi connectivity index (χ3n) is 3.86. The van der Waals surface area contributed by atoms with Crippen LogP contribution in [-0.4, -0.2) is 17.7 Å². The summed E-state index contributed by atoms with van der Waals surface area (Å²) < 4.78 is 0. The normalized spacial score (nSPS) is 20.9. The smallest absolute Gasteiger partial charge is 0.146 e. The molecule has 1 N–H and O–H groups in total. The summed E-state index contributed by atoms with van der Waals surface area (Å²) in [5.74, 6) is 0. The van der Waals surface area contributed by atoms with Gasteiger partial charge < -0.3 is 10.3 Å². The van der Waals surface area contributed by atoms with E-state index < -0.39 is 0 Å². The van der Waals surface area contributed by atoms with Gasteiger partial charge in [-0.3, -0.25) is 4.99 Å². The molecular formula is C16H12ClN3O. The third kappa shape index (κ3) is 2.00. The fraction of sp³-hybridized carbons (Fsp3) is 0.125. The molecule has 0 saturated heterocycles. The van der Waals surface area contributed by atoms with Crippen molar-refractivity contribution in [3.63, 3.8) is 0 Å². The van der Waals surface area contributed by atoms with Gasteiger partial charge in [-0.15, -0.1) is 0 Å². The van der Waals surface area contributed by atoms with E-state index >= 15 is 0 Å². The summed E-state index contributed by atoms with van der Waals surface area (Å²) in [5, 5.41) is 14.1. The maximum absolute atomic E-state index is 12.6. The molecule has 2 aliphatic rings. The molecular weight excluding hydrogens is 286 g/mol. The van der Waals surface area contributed by atoms with E-state index in [1.807, 2.05) is 30.3 Å². The van der Waals surface area contributed by atoms with Gasteiger partial charge in [0, 0.05) is 30.6 Å². The monoisotopic (exact) mass is 297 g/mol. The van der Waals surface area contributed by atoms with Crippen LogP contribution in [0.4, 0.5) is 0 Å². The Hall–Kier alpha value is -2.01. The maximum Gasteiger partial charge on any atom is 0.146 e. The summed E-state index contributed by atoms with van der Waals surface area (Å²) >= 11 is 6.01. The highest BCUT2D eigenvalue weighted by molar-refractivity contribution is 6.29. The van der Waals surface area contributed by atoms with E-state index in [0.717, 1.165) is 27.7 Å². The van der Waals surface area contributed by atoms with E-state index in [1.54, 1.807) is 12.3 Å². The fourth-order valence-corrected chi connectivity index (χ4v) is 3.00. The molecule has 0 radical (unpaired) electrons. The lowest BCUT2D eigenvalue weighted by Gasteiger charge is -2.23. The minimum Gasteiger partial charge on any atom is -0.624 e. The first-order valence-corrected chi connectivity index (χ1v) is 7.17. The zero-order chi connectivity index (χ0) is 14.4. The summed E-state index contributed by atoms with van der Waals surface area (Å²) in [6.45, 7) is 0.686. The van der Waals surface area contributed by atoms with E-state index in [-0.39, 0.29) is 5.06 Å². The van der Waals surface area contributed by atoms with Crippen molar-refractivity contribution in [3.8, 4) is 0 Å². The number of hydrogen-bond acceptors (Lipinski definition) is 3. The lowest BCUT2D eigenvalue weighted by Crippen LogP contribution is -3.01. The number of benzene rings is 1. The van der Waals surface area contributed by atoms with Gasteiger partial charge in [-0.2, -0.15) is 0 Å². The molecule has 2 aromatic rings. The largest absolute Gasteiger partial charge is 0.624 e. The van der Waals surface area contributed by atoms with Crippen LogP contribution in [0.2, 0.25) is 5.15 Å². The van der Waals surface area contributed by atoms with Crippen LogP contribution in [-0.2, 0) is 0 Å². The van der Waals surface area contributed by atoms with Crippen molar-refractivity contribution in [1.82, 2.24) is 4.98 Å². The molecule has 0 aliphatic carbocycles. The van der Waals surface area contributed by atoms with Crippen molar-refractivity contribution in [1.29, 1.82) is 0 Å². The predicted molar refractivity (Wildman–Crippen MR) is 84.1 cm³/mol. The highest BCUT2D eigenvalue weighted by Gasteiger charge is 2.28. The second-order valence-corrected chi connectivity index (χ2v) is 5.50. The van der Waals surface area contributed by atoms with Crippen LogP contribution < -0.4 is 5.06 Å². The number of hydroxylamine groups is 2. The number of rotatable bonds is 1. The number of nitrogens with one attached hydrogen (secondary N) is 1. The highest BCUT2D eigenvalue weighted by atomic mass is 35.5. The topological polar surface area (TPSA) is 52.8 Å². The number of para-hydroxylation sites is 1. The molecule has 0 bridgehead atoms. The van der Waals surface area contributed by atoms with Gasteiger partial charge in [0.15, 0.2) is 0 Å². The fourth-order valence-electron chi connectivity index (χ4n) is 2.85. The SMILES string of the molecule is [O-][NH+]1C(c2cccc3ccc(Cl)nc23)=CC2=C1CCN=C2. The lowest BCUT2D eigenvalue weighted by atomic mass is 10.1. The van der Waals surface area contributed by atoms with Crippen molar-refractivity contribution < 1.29 is 5.06 Å². The van der Waals surface area contributed by atoms with Crippen LogP contribution in [0.3, 0.4) is 0 Å². The van der Waals surface area contributed by atoms with Crippen molar-refractivity contribution in [2.45, 2.75) is 6.42 Å².